The lowest BCUT2D eigenvalue weighted by Crippen LogP contribution is -2.35. The predicted octanol–water partition coefficient (Wildman–Crippen LogP) is 4.51. The van der Waals surface area contributed by atoms with Gasteiger partial charge in [0, 0.05) is 17.1 Å². The molecular formula is C21H21N5OS. The van der Waals surface area contributed by atoms with Crippen LogP contribution in [0.5, 0.6) is 0 Å². The Kier molecular flexibility index (Phi) is 4.77. The number of hydrazone groups is 1. The highest BCUT2D eigenvalue weighted by atomic mass is 32.2. The maximum Gasteiger partial charge on any atom is 0.283 e. The summed E-state index contributed by atoms with van der Waals surface area (Å²) in [5, 5.41) is 15.8. The van der Waals surface area contributed by atoms with E-state index in [-0.39, 0.29) is 17.3 Å². The molecule has 0 aliphatic carbocycles. The van der Waals surface area contributed by atoms with Gasteiger partial charge in [-0.1, -0.05) is 25.1 Å². The average molecular weight is 392 g/mol. The summed E-state index contributed by atoms with van der Waals surface area (Å²) in [6, 6.07) is 12.1. The Morgan fingerprint density at radius 2 is 1.96 bits per heavy atom. The number of rotatable bonds is 4. The van der Waals surface area contributed by atoms with Gasteiger partial charge in [0.15, 0.2) is 5.84 Å². The SMILES string of the molecule is CCCC1=NN2C(=N)/C(=C\c3cc(C)n(-c4ccccc4)c3C)C(=O)N=C2S1. The number of carbonyl (C=O) groups is 1. The van der Waals surface area contributed by atoms with Gasteiger partial charge in [-0.2, -0.15) is 15.1 Å². The number of aliphatic imine (C=N–C) groups is 1. The number of para-hydroxylation sites is 1. The molecule has 2 aliphatic heterocycles. The van der Waals surface area contributed by atoms with Crippen LogP contribution >= 0.6 is 11.8 Å². The second-order valence-corrected chi connectivity index (χ2v) is 7.80. The summed E-state index contributed by atoms with van der Waals surface area (Å²) in [6.07, 6.45) is 3.53. The van der Waals surface area contributed by atoms with Crippen LogP contribution < -0.4 is 0 Å². The predicted molar refractivity (Wildman–Crippen MR) is 115 cm³/mol. The van der Waals surface area contributed by atoms with E-state index in [2.05, 4.69) is 21.6 Å². The number of hydrogen-bond donors (Lipinski definition) is 1. The third kappa shape index (κ3) is 3.11. The largest absolute Gasteiger partial charge is 0.318 e. The molecule has 0 unspecified atom stereocenters. The van der Waals surface area contributed by atoms with Crippen molar-refractivity contribution in [2.75, 3.05) is 0 Å². The number of hydrogen-bond acceptors (Lipinski definition) is 4. The number of aromatic nitrogens is 1. The van der Waals surface area contributed by atoms with Crippen molar-refractivity contribution in [2.45, 2.75) is 33.6 Å². The number of amides is 1. The molecule has 0 spiro atoms. The van der Waals surface area contributed by atoms with Gasteiger partial charge in [0.2, 0.25) is 5.17 Å². The molecule has 0 atom stereocenters. The van der Waals surface area contributed by atoms with Crippen molar-refractivity contribution in [3.05, 3.63) is 58.9 Å². The van der Waals surface area contributed by atoms with E-state index in [0.717, 1.165) is 40.5 Å². The molecule has 2 aliphatic rings. The number of carbonyl (C=O) groups excluding carboxylic acids is 1. The van der Waals surface area contributed by atoms with Crippen LogP contribution in [0, 0.1) is 19.3 Å². The summed E-state index contributed by atoms with van der Waals surface area (Å²) in [4.78, 5) is 16.8. The number of nitrogens with zero attached hydrogens (tertiary/aromatic N) is 4. The first-order valence-corrected chi connectivity index (χ1v) is 10.0. The van der Waals surface area contributed by atoms with Gasteiger partial charge in [-0.25, -0.2) is 0 Å². The molecule has 142 valence electrons. The number of nitrogens with one attached hydrogen (secondary N) is 1. The quantitative estimate of drug-likeness (QED) is 0.779. The Hall–Kier alpha value is -2.93. The fourth-order valence-electron chi connectivity index (χ4n) is 3.41. The minimum atomic E-state index is -0.388. The van der Waals surface area contributed by atoms with Gasteiger partial charge >= 0.3 is 0 Å². The topological polar surface area (TPSA) is 73.8 Å². The van der Waals surface area contributed by atoms with Gasteiger partial charge in [-0.05, 0) is 68.3 Å². The fourth-order valence-corrected chi connectivity index (χ4v) is 4.40. The lowest BCUT2D eigenvalue weighted by atomic mass is 10.1. The van der Waals surface area contributed by atoms with Crippen LogP contribution in [0.2, 0.25) is 0 Å². The van der Waals surface area contributed by atoms with Crippen molar-refractivity contribution < 1.29 is 4.79 Å². The third-order valence-corrected chi connectivity index (χ3v) is 5.71. The van der Waals surface area contributed by atoms with E-state index in [4.69, 9.17) is 5.41 Å². The zero-order valence-corrected chi connectivity index (χ0v) is 16.9. The van der Waals surface area contributed by atoms with Crippen molar-refractivity contribution in [3.63, 3.8) is 0 Å². The molecule has 2 aromatic rings. The summed E-state index contributed by atoms with van der Waals surface area (Å²) in [6.45, 7) is 6.12. The Balaban J connectivity index is 1.73. The molecule has 0 fully saturated rings. The molecule has 1 N–H and O–H groups in total. The van der Waals surface area contributed by atoms with E-state index in [1.54, 1.807) is 6.08 Å². The van der Waals surface area contributed by atoms with E-state index < -0.39 is 0 Å². The first-order valence-electron chi connectivity index (χ1n) is 9.23. The zero-order valence-electron chi connectivity index (χ0n) is 16.1. The van der Waals surface area contributed by atoms with Crippen LogP contribution in [0.3, 0.4) is 0 Å². The highest BCUT2D eigenvalue weighted by molar-refractivity contribution is 8.26. The molecule has 3 heterocycles. The number of benzene rings is 1. The maximum atomic E-state index is 12.6. The minimum Gasteiger partial charge on any atom is -0.318 e. The second kappa shape index (κ2) is 7.24. The Labute approximate surface area is 168 Å². The van der Waals surface area contributed by atoms with Crippen LogP contribution in [0.4, 0.5) is 0 Å². The molecule has 0 radical (unpaired) electrons. The standard InChI is InChI=1S/C21H21N5OS/c1-4-8-18-24-26-19(22)17(20(27)23-21(26)28-18)12-15-11-13(2)25(14(15)3)16-9-6-5-7-10-16/h5-7,9-12,22H,4,8H2,1-3H3/b17-12+,22-19?. The molecule has 6 nitrogen and oxygen atoms in total. The number of fused-ring (bicyclic) bond motifs is 1. The zero-order chi connectivity index (χ0) is 19.8. The van der Waals surface area contributed by atoms with Crippen LogP contribution in [-0.2, 0) is 4.79 Å². The van der Waals surface area contributed by atoms with Gasteiger partial charge in [0.05, 0.1) is 5.57 Å². The number of thioether (sulfide) groups is 1. The van der Waals surface area contributed by atoms with E-state index in [0.29, 0.717) is 5.17 Å². The Bertz CT molecular complexity index is 1060. The van der Waals surface area contributed by atoms with E-state index in [9.17, 15) is 4.79 Å². The average Bonchev–Trinajstić information content (AvgIpc) is 3.20. The monoisotopic (exact) mass is 391 g/mol. The molecule has 1 aromatic carbocycles. The van der Waals surface area contributed by atoms with E-state index in [1.807, 2.05) is 50.2 Å². The van der Waals surface area contributed by atoms with Crippen molar-refractivity contribution in [2.24, 2.45) is 10.1 Å². The van der Waals surface area contributed by atoms with Gasteiger partial charge < -0.3 is 4.57 Å². The van der Waals surface area contributed by atoms with Crippen molar-refractivity contribution in [1.82, 2.24) is 9.58 Å². The van der Waals surface area contributed by atoms with Crippen LogP contribution in [0.1, 0.15) is 36.7 Å². The van der Waals surface area contributed by atoms with Crippen molar-refractivity contribution >= 4 is 39.8 Å². The van der Waals surface area contributed by atoms with Gasteiger partial charge in [-0.15, -0.1) is 0 Å². The minimum absolute atomic E-state index is 0.0816. The number of amidine groups is 2. The van der Waals surface area contributed by atoms with E-state index in [1.165, 1.54) is 16.8 Å². The van der Waals surface area contributed by atoms with Crippen LogP contribution in [-0.4, -0.2) is 31.5 Å². The molecule has 28 heavy (non-hydrogen) atoms. The number of aryl methyl sites for hydroxylation is 1. The highest BCUT2D eigenvalue weighted by Gasteiger charge is 2.35. The Morgan fingerprint density at radius 3 is 2.68 bits per heavy atom. The fraction of sp³-hybridized carbons (Fsp3) is 0.238. The molecule has 4 rings (SSSR count). The van der Waals surface area contributed by atoms with Gasteiger partial charge in [0.1, 0.15) is 5.04 Å². The van der Waals surface area contributed by atoms with Gasteiger partial charge in [-0.3, -0.25) is 10.2 Å². The lowest BCUT2D eigenvalue weighted by molar-refractivity contribution is -0.114. The molecule has 0 bridgehead atoms. The first kappa shape index (κ1) is 18.4. The molecular weight excluding hydrogens is 370 g/mol. The third-order valence-electron chi connectivity index (χ3n) is 4.74. The second-order valence-electron chi connectivity index (χ2n) is 6.76. The summed E-state index contributed by atoms with van der Waals surface area (Å²) < 4.78 is 2.14. The Morgan fingerprint density at radius 1 is 1.21 bits per heavy atom. The molecule has 7 heteroatoms. The molecule has 0 saturated heterocycles. The molecule has 0 saturated carbocycles. The highest BCUT2D eigenvalue weighted by Crippen LogP contribution is 2.30. The smallest absolute Gasteiger partial charge is 0.283 e. The molecule has 1 amide bonds. The molecule has 1 aromatic heterocycles. The van der Waals surface area contributed by atoms with Crippen molar-refractivity contribution in [3.8, 4) is 5.69 Å². The maximum absolute atomic E-state index is 12.6. The van der Waals surface area contributed by atoms with Crippen LogP contribution in [0.25, 0.3) is 11.8 Å². The lowest BCUT2D eigenvalue weighted by Gasteiger charge is -2.20. The van der Waals surface area contributed by atoms with E-state index >= 15 is 0 Å². The van der Waals surface area contributed by atoms with Crippen LogP contribution in [0.15, 0.2) is 52.1 Å². The summed E-state index contributed by atoms with van der Waals surface area (Å²) >= 11 is 1.37. The van der Waals surface area contributed by atoms with Crippen molar-refractivity contribution in [1.29, 1.82) is 5.41 Å². The first-order chi connectivity index (χ1) is 13.5. The summed E-state index contributed by atoms with van der Waals surface area (Å²) in [7, 11) is 0. The van der Waals surface area contributed by atoms with Gasteiger partial charge in [0.25, 0.3) is 5.91 Å². The summed E-state index contributed by atoms with van der Waals surface area (Å²) in [5.41, 5.74) is 4.31. The normalized spacial score (nSPS) is 17.8. The summed E-state index contributed by atoms with van der Waals surface area (Å²) in [5.74, 6) is -0.306.